The second-order valence-corrected chi connectivity index (χ2v) is 9.21. The molecule has 0 spiro atoms. The van der Waals surface area contributed by atoms with Crippen molar-refractivity contribution in [3.8, 4) is 5.75 Å². The fourth-order valence-electron chi connectivity index (χ4n) is 2.99. The lowest BCUT2D eigenvalue weighted by molar-refractivity contribution is 0.104. The van der Waals surface area contributed by atoms with E-state index in [0.29, 0.717) is 5.92 Å². The summed E-state index contributed by atoms with van der Waals surface area (Å²) in [6.45, 7) is 7.43. The monoisotopic (exact) mass is 424 g/mol. The summed E-state index contributed by atoms with van der Waals surface area (Å²) in [5.74, 6) is 2.66. The van der Waals surface area contributed by atoms with Crippen molar-refractivity contribution in [3.05, 3.63) is 65.7 Å². The molecular weight excluding hydrogens is 388 g/mol. The second kappa shape index (κ2) is 14.1. The lowest BCUT2D eigenvalue weighted by Gasteiger charge is -2.06. The quantitative estimate of drug-likeness (QED) is 0.133. The van der Waals surface area contributed by atoms with Crippen molar-refractivity contribution in [1.29, 1.82) is 0 Å². The smallest absolute Gasteiger partial charge is 0.185 e. The van der Waals surface area contributed by atoms with Gasteiger partial charge in [-0.15, -0.1) is 11.8 Å². The van der Waals surface area contributed by atoms with Crippen LogP contribution in [0.4, 0.5) is 0 Å². The van der Waals surface area contributed by atoms with Crippen LogP contribution in [0.1, 0.15) is 75.2 Å². The summed E-state index contributed by atoms with van der Waals surface area (Å²) in [6, 6.07) is 15.8. The minimum atomic E-state index is 0.0267. The molecule has 2 rings (SSSR count). The number of thioether (sulfide) groups is 1. The average molecular weight is 425 g/mol. The third kappa shape index (κ3) is 9.67. The first-order valence-electron chi connectivity index (χ1n) is 11.3. The molecule has 0 unspecified atom stereocenters. The van der Waals surface area contributed by atoms with Crippen LogP contribution < -0.4 is 4.74 Å². The third-order valence-corrected chi connectivity index (χ3v) is 6.23. The van der Waals surface area contributed by atoms with E-state index in [9.17, 15) is 4.79 Å². The van der Waals surface area contributed by atoms with Crippen molar-refractivity contribution < 1.29 is 9.53 Å². The summed E-state index contributed by atoms with van der Waals surface area (Å²) in [4.78, 5) is 13.6. The largest absolute Gasteiger partial charge is 0.494 e. The molecule has 0 bridgehead atoms. The first-order chi connectivity index (χ1) is 14.6. The van der Waals surface area contributed by atoms with Crippen LogP contribution in [0.15, 0.2) is 59.5 Å². The summed E-state index contributed by atoms with van der Waals surface area (Å²) in [5, 5.41) is 0. The normalized spacial score (nSPS) is 11.3. The predicted molar refractivity (Wildman–Crippen MR) is 131 cm³/mol. The van der Waals surface area contributed by atoms with Gasteiger partial charge in [-0.25, -0.2) is 0 Å². The van der Waals surface area contributed by atoms with Crippen LogP contribution in [0.3, 0.4) is 0 Å². The van der Waals surface area contributed by atoms with Crippen LogP contribution in [0.2, 0.25) is 0 Å². The lowest BCUT2D eigenvalue weighted by Crippen LogP contribution is -1.97. The van der Waals surface area contributed by atoms with Gasteiger partial charge in [-0.05, 0) is 60.4 Å². The Hall–Kier alpha value is -2.00. The molecule has 0 atom stereocenters. The average Bonchev–Trinajstić information content (AvgIpc) is 2.76. The fourth-order valence-corrected chi connectivity index (χ4v) is 3.85. The van der Waals surface area contributed by atoms with E-state index in [1.165, 1.54) is 37.0 Å². The molecule has 2 aromatic carbocycles. The minimum Gasteiger partial charge on any atom is -0.494 e. The maximum Gasteiger partial charge on any atom is 0.185 e. The zero-order chi connectivity index (χ0) is 21.6. The standard InChI is InChI=1S/C27H36O2S/c1-4-5-6-7-8-9-20-29-25-15-10-23(11-16-25)12-19-27(28)24-13-17-26(18-14-24)30-21-22(2)3/h10-19,22H,4-9,20-21H2,1-3H3. The first kappa shape index (κ1) is 24.3. The number of rotatable bonds is 14. The van der Waals surface area contributed by atoms with Gasteiger partial charge in [0.15, 0.2) is 5.78 Å². The van der Waals surface area contributed by atoms with Crippen molar-refractivity contribution in [2.24, 2.45) is 5.92 Å². The van der Waals surface area contributed by atoms with E-state index in [2.05, 4.69) is 20.8 Å². The number of allylic oxidation sites excluding steroid dienone is 1. The van der Waals surface area contributed by atoms with Crippen LogP contribution in [-0.2, 0) is 0 Å². The third-order valence-electron chi connectivity index (χ3n) is 4.80. The molecule has 0 heterocycles. The van der Waals surface area contributed by atoms with Crippen molar-refractivity contribution in [3.63, 3.8) is 0 Å². The van der Waals surface area contributed by atoms with E-state index in [4.69, 9.17) is 4.74 Å². The van der Waals surface area contributed by atoms with Gasteiger partial charge in [0.25, 0.3) is 0 Å². The number of ketones is 1. The van der Waals surface area contributed by atoms with Gasteiger partial charge in [-0.1, -0.05) is 71.1 Å². The number of benzene rings is 2. The Bertz CT molecular complexity index is 760. The number of ether oxygens (including phenoxy) is 1. The molecule has 0 amide bonds. The minimum absolute atomic E-state index is 0.0267. The van der Waals surface area contributed by atoms with Crippen LogP contribution in [0.5, 0.6) is 5.75 Å². The fraction of sp³-hybridized carbons (Fsp3) is 0.444. The Morgan fingerprint density at radius 1 is 0.933 bits per heavy atom. The number of hydrogen-bond acceptors (Lipinski definition) is 3. The Morgan fingerprint density at radius 3 is 2.27 bits per heavy atom. The van der Waals surface area contributed by atoms with E-state index in [0.717, 1.165) is 35.7 Å². The Kier molecular flexibility index (Phi) is 11.4. The van der Waals surface area contributed by atoms with E-state index < -0.39 is 0 Å². The van der Waals surface area contributed by atoms with E-state index in [1.54, 1.807) is 6.08 Å². The zero-order valence-electron chi connectivity index (χ0n) is 18.7. The second-order valence-electron chi connectivity index (χ2n) is 8.11. The summed E-state index contributed by atoms with van der Waals surface area (Å²) in [6.07, 6.45) is 11.1. The molecule has 30 heavy (non-hydrogen) atoms. The van der Waals surface area contributed by atoms with Crippen molar-refractivity contribution in [2.75, 3.05) is 12.4 Å². The Morgan fingerprint density at radius 2 is 1.60 bits per heavy atom. The Labute approximate surface area is 187 Å². The van der Waals surface area contributed by atoms with Crippen molar-refractivity contribution in [2.45, 2.75) is 64.2 Å². The molecule has 0 aromatic heterocycles. The van der Waals surface area contributed by atoms with Crippen molar-refractivity contribution >= 4 is 23.6 Å². The number of carbonyl (C=O) groups excluding carboxylic acids is 1. The highest BCUT2D eigenvalue weighted by atomic mass is 32.2. The lowest BCUT2D eigenvalue weighted by atomic mass is 10.1. The molecule has 0 aliphatic heterocycles. The van der Waals surface area contributed by atoms with Crippen LogP contribution in [-0.4, -0.2) is 18.1 Å². The van der Waals surface area contributed by atoms with Crippen LogP contribution in [0, 0.1) is 5.92 Å². The highest BCUT2D eigenvalue weighted by Crippen LogP contribution is 2.21. The molecule has 0 fully saturated rings. The van der Waals surface area contributed by atoms with Gasteiger partial charge in [0.2, 0.25) is 0 Å². The summed E-state index contributed by atoms with van der Waals surface area (Å²) >= 11 is 1.83. The molecule has 2 nitrogen and oxygen atoms in total. The predicted octanol–water partition coefficient (Wildman–Crippen LogP) is 8.07. The molecule has 0 radical (unpaired) electrons. The summed E-state index contributed by atoms with van der Waals surface area (Å²) in [7, 11) is 0. The van der Waals surface area contributed by atoms with Gasteiger partial charge in [-0.3, -0.25) is 4.79 Å². The molecule has 0 N–H and O–H groups in total. The highest BCUT2D eigenvalue weighted by molar-refractivity contribution is 7.99. The molecule has 2 aromatic rings. The van der Waals surface area contributed by atoms with Gasteiger partial charge in [0, 0.05) is 16.2 Å². The van der Waals surface area contributed by atoms with Gasteiger partial charge >= 0.3 is 0 Å². The van der Waals surface area contributed by atoms with Gasteiger partial charge < -0.3 is 4.74 Å². The van der Waals surface area contributed by atoms with Gasteiger partial charge in [-0.2, -0.15) is 0 Å². The number of carbonyl (C=O) groups is 1. The molecule has 0 aliphatic carbocycles. The zero-order valence-corrected chi connectivity index (χ0v) is 19.5. The van der Waals surface area contributed by atoms with Crippen molar-refractivity contribution in [1.82, 2.24) is 0 Å². The molecule has 0 saturated heterocycles. The molecule has 162 valence electrons. The Balaban J connectivity index is 1.75. The number of unbranched alkanes of at least 4 members (excludes halogenated alkanes) is 5. The summed E-state index contributed by atoms with van der Waals surface area (Å²) in [5.41, 5.74) is 1.72. The van der Waals surface area contributed by atoms with Crippen LogP contribution >= 0.6 is 11.8 Å². The van der Waals surface area contributed by atoms with E-state index in [-0.39, 0.29) is 5.78 Å². The van der Waals surface area contributed by atoms with Crippen LogP contribution in [0.25, 0.3) is 6.08 Å². The molecule has 0 saturated carbocycles. The maximum absolute atomic E-state index is 12.4. The molecular formula is C27H36O2S. The van der Waals surface area contributed by atoms with Gasteiger partial charge in [0.05, 0.1) is 6.61 Å². The first-order valence-corrected chi connectivity index (χ1v) is 12.2. The highest BCUT2D eigenvalue weighted by Gasteiger charge is 2.03. The molecule has 0 aliphatic rings. The van der Waals surface area contributed by atoms with E-state index in [1.807, 2.05) is 66.4 Å². The van der Waals surface area contributed by atoms with E-state index >= 15 is 0 Å². The van der Waals surface area contributed by atoms with Gasteiger partial charge in [0.1, 0.15) is 5.75 Å². The summed E-state index contributed by atoms with van der Waals surface area (Å²) < 4.78 is 5.82. The topological polar surface area (TPSA) is 26.3 Å². The molecule has 3 heteroatoms. The SMILES string of the molecule is CCCCCCCCOc1ccc(C=CC(=O)c2ccc(SCC(C)C)cc2)cc1. The maximum atomic E-state index is 12.4. The number of hydrogen-bond donors (Lipinski definition) is 0.